The molecule has 10 nitrogen and oxygen atoms in total. The van der Waals surface area contributed by atoms with Crippen LogP contribution in [0.2, 0.25) is 0 Å². The molecule has 218 valence electrons. The zero-order valence-corrected chi connectivity index (χ0v) is 24.7. The molecule has 4 amide bonds. The largest absolute Gasteiger partial charge is 0.444 e. The molecule has 1 fully saturated rings. The highest BCUT2D eigenvalue weighted by atomic mass is 16.6. The number of hydrogen-bond acceptors (Lipinski definition) is 6. The number of pyridine rings is 1. The Morgan fingerprint density at radius 1 is 1.07 bits per heavy atom. The number of urea groups is 1. The second-order valence-corrected chi connectivity index (χ2v) is 11.6. The lowest BCUT2D eigenvalue weighted by molar-refractivity contribution is 0.0527. The minimum atomic E-state index is -0.548. The van der Waals surface area contributed by atoms with E-state index in [0.29, 0.717) is 38.3 Å². The topological polar surface area (TPSA) is 116 Å². The molecule has 1 aromatic carbocycles. The Morgan fingerprint density at radius 2 is 1.77 bits per heavy atom. The molecule has 0 aliphatic carbocycles. The molecule has 1 aromatic heterocycles. The van der Waals surface area contributed by atoms with E-state index >= 15 is 0 Å². The summed E-state index contributed by atoms with van der Waals surface area (Å²) >= 11 is 0. The molecule has 0 radical (unpaired) electrons. The molecule has 1 aliphatic heterocycles. The van der Waals surface area contributed by atoms with Crippen LogP contribution in [-0.4, -0.2) is 79.8 Å². The third-order valence-electron chi connectivity index (χ3n) is 6.97. The van der Waals surface area contributed by atoms with Crippen LogP contribution in [-0.2, 0) is 10.2 Å². The van der Waals surface area contributed by atoms with Crippen LogP contribution in [0.25, 0.3) is 0 Å². The summed E-state index contributed by atoms with van der Waals surface area (Å²) in [6.45, 7) is 12.9. The second kappa shape index (κ2) is 13.5. The fourth-order valence-corrected chi connectivity index (χ4v) is 4.67. The van der Waals surface area contributed by atoms with Crippen molar-refractivity contribution in [2.45, 2.75) is 58.5 Å². The van der Waals surface area contributed by atoms with Crippen LogP contribution in [0, 0.1) is 6.92 Å². The minimum absolute atomic E-state index is 0.0838. The van der Waals surface area contributed by atoms with Gasteiger partial charge in [0.25, 0.3) is 5.91 Å². The summed E-state index contributed by atoms with van der Waals surface area (Å²) in [7, 11) is 1.66. The number of likely N-dealkylation sites (N-methyl/N-ethyl adjacent to an activating group) is 1. The molecular formula is C30H44N6O4. The van der Waals surface area contributed by atoms with E-state index in [9.17, 15) is 14.4 Å². The molecule has 2 aromatic rings. The van der Waals surface area contributed by atoms with Gasteiger partial charge in [0, 0.05) is 51.7 Å². The first-order valence-electron chi connectivity index (χ1n) is 13.9. The van der Waals surface area contributed by atoms with E-state index in [0.717, 1.165) is 30.8 Å². The average Bonchev–Trinajstić information content (AvgIpc) is 3.31. The molecule has 2 heterocycles. The van der Waals surface area contributed by atoms with E-state index < -0.39 is 11.7 Å². The smallest absolute Gasteiger partial charge is 0.407 e. The number of amides is 4. The highest BCUT2D eigenvalue weighted by molar-refractivity contribution is 5.94. The summed E-state index contributed by atoms with van der Waals surface area (Å²) in [6, 6.07) is 12.4. The first-order chi connectivity index (χ1) is 18.9. The number of alkyl carbamates (subject to hydrolysis) is 1. The fraction of sp³-hybridized carbons (Fsp3) is 0.533. The Morgan fingerprint density at radius 3 is 2.45 bits per heavy atom. The SMILES string of the molecule is Cc1cc(N2CCC(C)(c3ccccc3)C2)cnc1C(=O)NCCN(C)C(=O)NCCCNC(=O)OC(C)(C)C. The summed E-state index contributed by atoms with van der Waals surface area (Å²) in [5, 5.41) is 8.31. The Hall–Kier alpha value is -3.82. The van der Waals surface area contributed by atoms with Crippen molar-refractivity contribution >= 4 is 23.7 Å². The first kappa shape index (κ1) is 30.7. The number of carbonyl (C=O) groups excluding carboxylic acids is 3. The molecule has 1 unspecified atom stereocenters. The highest BCUT2D eigenvalue weighted by Gasteiger charge is 2.35. The van der Waals surface area contributed by atoms with Crippen molar-refractivity contribution in [3.05, 3.63) is 59.4 Å². The molecule has 0 spiro atoms. The van der Waals surface area contributed by atoms with E-state index in [1.165, 1.54) is 10.5 Å². The molecule has 10 heteroatoms. The van der Waals surface area contributed by atoms with Crippen LogP contribution in [0.5, 0.6) is 0 Å². The van der Waals surface area contributed by atoms with Crippen LogP contribution in [0.3, 0.4) is 0 Å². The van der Waals surface area contributed by atoms with Gasteiger partial charge in [-0.25, -0.2) is 14.6 Å². The number of aromatic nitrogens is 1. The van der Waals surface area contributed by atoms with E-state index in [-0.39, 0.29) is 17.4 Å². The lowest BCUT2D eigenvalue weighted by Crippen LogP contribution is -2.42. The van der Waals surface area contributed by atoms with Crippen molar-refractivity contribution in [2.75, 3.05) is 51.2 Å². The van der Waals surface area contributed by atoms with Crippen molar-refractivity contribution in [3.8, 4) is 0 Å². The number of aryl methyl sites for hydroxylation is 1. The fourth-order valence-electron chi connectivity index (χ4n) is 4.67. The molecule has 1 saturated heterocycles. The van der Waals surface area contributed by atoms with E-state index in [4.69, 9.17) is 4.74 Å². The van der Waals surface area contributed by atoms with Crippen molar-refractivity contribution in [1.29, 1.82) is 0 Å². The number of nitrogens with zero attached hydrogens (tertiary/aromatic N) is 3. The number of hydrogen-bond donors (Lipinski definition) is 3. The van der Waals surface area contributed by atoms with Gasteiger partial charge < -0.3 is 30.5 Å². The predicted octanol–water partition coefficient (Wildman–Crippen LogP) is 3.84. The van der Waals surface area contributed by atoms with Gasteiger partial charge in [0.1, 0.15) is 11.3 Å². The zero-order valence-electron chi connectivity index (χ0n) is 24.7. The molecule has 1 aliphatic rings. The lowest BCUT2D eigenvalue weighted by atomic mass is 9.82. The van der Waals surface area contributed by atoms with Crippen LogP contribution < -0.4 is 20.9 Å². The van der Waals surface area contributed by atoms with Crippen molar-refractivity contribution in [1.82, 2.24) is 25.8 Å². The third-order valence-corrected chi connectivity index (χ3v) is 6.97. The van der Waals surface area contributed by atoms with Gasteiger partial charge in [-0.3, -0.25) is 4.79 Å². The Kier molecular flexibility index (Phi) is 10.4. The van der Waals surface area contributed by atoms with Gasteiger partial charge in [-0.15, -0.1) is 0 Å². The second-order valence-electron chi connectivity index (χ2n) is 11.6. The summed E-state index contributed by atoms with van der Waals surface area (Å²) in [6.07, 6.45) is 2.92. The van der Waals surface area contributed by atoms with Gasteiger partial charge in [-0.2, -0.15) is 0 Å². The van der Waals surface area contributed by atoms with Crippen molar-refractivity contribution < 1.29 is 19.1 Å². The van der Waals surface area contributed by atoms with Gasteiger partial charge in [0.15, 0.2) is 0 Å². The monoisotopic (exact) mass is 552 g/mol. The molecule has 0 bridgehead atoms. The average molecular weight is 553 g/mol. The summed E-state index contributed by atoms with van der Waals surface area (Å²) in [5.74, 6) is -0.262. The van der Waals surface area contributed by atoms with Gasteiger partial charge in [-0.05, 0) is 57.7 Å². The van der Waals surface area contributed by atoms with Crippen LogP contribution >= 0.6 is 0 Å². The third kappa shape index (κ3) is 8.86. The minimum Gasteiger partial charge on any atom is -0.444 e. The van der Waals surface area contributed by atoms with Crippen molar-refractivity contribution in [3.63, 3.8) is 0 Å². The standard InChI is InChI=1S/C30H44N6O4/c1-22-19-24(36-17-13-30(5,21-36)23-11-8-7-9-12-23)20-34-25(22)26(37)31-16-18-35(6)27(38)32-14-10-15-33-28(39)40-29(2,3)4/h7-9,11-12,19-20H,10,13-18,21H2,1-6H3,(H,31,37)(H,32,38)(H,33,39). The first-order valence-corrected chi connectivity index (χ1v) is 13.9. The summed E-state index contributed by atoms with van der Waals surface area (Å²) in [5.41, 5.74) is 3.10. The molecule has 1 atom stereocenters. The molecule has 3 rings (SSSR count). The number of rotatable bonds is 10. The molecule has 3 N–H and O–H groups in total. The predicted molar refractivity (Wildman–Crippen MR) is 157 cm³/mol. The van der Waals surface area contributed by atoms with Crippen LogP contribution in [0.4, 0.5) is 15.3 Å². The zero-order chi connectivity index (χ0) is 29.3. The number of nitrogens with one attached hydrogen (secondary N) is 3. The quantitative estimate of drug-likeness (QED) is 0.386. The summed E-state index contributed by atoms with van der Waals surface area (Å²) < 4.78 is 5.17. The van der Waals surface area contributed by atoms with Crippen LogP contribution in [0.15, 0.2) is 42.6 Å². The van der Waals surface area contributed by atoms with E-state index in [1.807, 2.05) is 19.1 Å². The number of ether oxygens (including phenoxy) is 1. The van der Waals surface area contributed by atoms with Crippen molar-refractivity contribution in [2.24, 2.45) is 0 Å². The maximum Gasteiger partial charge on any atom is 0.407 e. The maximum absolute atomic E-state index is 12.8. The van der Waals surface area contributed by atoms with Gasteiger partial charge >= 0.3 is 12.1 Å². The van der Waals surface area contributed by atoms with Gasteiger partial charge in [0.05, 0.1) is 11.9 Å². The number of anilines is 1. The van der Waals surface area contributed by atoms with Gasteiger partial charge in [0.2, 0.25) is 0 Å². The van der Waals surface area contributed by atoms with E-state index in [1.54, 1.807) is 34.0 Å². The molecule has 0 saturated carbocycles. The Balaban J connectivity index is 1.38. The van der Waals surface area contributed by atoms with E-state index in [2.05, 4.69) is 57.0 Å². The maximum atomic E-state index is 12.8. The Labute approximate surface area is 237 Å². The normalized spacial score (nSPS) is 16.8. The number of carbonyl (C=O) groups is 3. The number of benzene rings is 1. The summed E-state index contributed by atoms with van der Waals surface area (Å²) in [4.78, 5) is 45.0. The molecule has 40 heavy (non-hydrogen) atoms. The molecular weight excluding hydrogens is 508 g/mol. The van der Waals surface area contributed by atoms with Crippen LogP contribution in [0.1, 0.15) is 62.2 Å². The Bertz CT molecular complexity index is 1170. The lowest BCUT2D eigenvalue weighted by Gasteiger charge is -2.26. The highest BCUT2D eigenvalue weighted by Crippen LogP contribution is 2.36. The van der Waals surface area contributed by atoms with Gasteiger partial charge in [-0.1, -0.05) is 37.3 Å².